The lowest BCUT2D eigenvalue weighted by Crippen LogP contribution is -2.38. The summed E-state index contributed by atoms with van der Waals surface area (Å²) in [5.41, 5.74) is 0.987. The predicted molar refractivity (Wildman–Crippen MR) is 96.8 cm³/mol. The van der Waals surface area contributed by atoms with E-state index in [2.05, 4.69) is 10.3 Å². The summed E-state index contributed by atoms with van der Waals surface area (Å²) in [7, 11) is 1.54. The molecule has 1 N–H and O–H groups in total. The molecule has 0 radical (unpaired) electrons. The largest absolute Gasteiger partial charge is 0.493 e. The van der Waals surface area contributed by atoms with Crippen LogP contribution in [0.25, 0.3) is 0 Å². The standard InChI is InChI=1S/C19H23N3O4/c1-15(23)22(13-16-7-9-20-10-8-16)12-11-21-19(24)14-26-18-6-4-3-5-17(18)25-2/h3-10H,11-14H2,1-2H3,(H,21,24). The summed E-state index contributed by atoms with van der Waals surface area (Å²) in [6, 6.07) is 10.8. The quantitative estimate of drug-likeness (QED) is 0.738. The lowest BCUT2D eigenvalue weighted by Gasteiger charge is -2.21. The maximum absolute atomic E-state index is 11.9. The lowest BCUT2D eigenvalue weighted by molar-refractivity contribution is -0.130. The third-order valence-corrected chi connectivity index (χ3v) is 3.70. The van der Waals surface area contributed by atoms with Crippen LogP contribution < -0.4 is 14.8 Å². The van der Waals surface area contributed by atoms with Crippen LogP contribution in [-0.2, 0) is 16.1 Å². The Kier molecular flexibility index (Phi) is 7.42. The molecule has 1 aromatic heterocycles. The normalized spacial score (nSPS) is 10.1. The SMILES string of the molecule is COc1ccccc1OCC(=O)NCCN(Cc1ccncc1)C(C)=O. The topological polar surface area (TPSA) is 80.8 Å². The highest BCUT2D eigenvalue weighted by atomic mass is 16.5. The monoisotopic (exact) mass is 357 g/mol. The van der Waals surface area contributed by atoms with Gasteiger partial charge in [-0.3, -0.25) is 14.6 Å². The van der Waals surface area contributed by atoms with Crippen molar-refractivity contribution in [1.29, 1.82) is 0 Å². The van der Waals surface area contributed by atoms with Crippen molar-refractivity contribution in [1.82, 2.24) is 15.2 Å². The maximum Gasteiger partial charge on any atom is 0.258 e. The summed E-state index contributed by atoms with van der Waals surface area (Å²) >= 11 is 0. The Bertz CT molecular complexity index is 722. The summed E-state index contributed by atoms with van der Waals surface area (Å²) in [6.45, 7) is 2.63. The highest BCUT2D eigenvalue weighted by Gasteiger charge is 2.11. The van der Waals surface area contributed by atoms with E-state index in [0.717, 1.165) is 5.56 Å². The van der Waals surface area contributed by atoms with Gasteiger partial charge in [-0.25, -0.2) is 0 Å². The van der Waals surface area contributed by atoms with Crippen LogP contribution in [-0.4, -0.2) is 48.5 Å². The van der Waals surface area contributed by atoms with Crippen LogP contribution in [0.5, 0.6) is 11.5 Å². The Morgan fingerprint density at radius 1 is 1.12 bits per heavy atom. The molecule has 1 heterocycles. The molecule has 7 heteroatoms. The second kappa shape index (κ2) is 10.0. The smallest absolute Gasteiger partial charge is 0.258 e. The number of hydrogen-bond donors (Lipinski definition) is 1. The molecule has 0 saturated carbocycles. The molecule has 0 unspecified atom stereocenters. The molecule has 0 fully saturated rings. The van der Waals surface area contributed by atoms with Gasteiger partial charge in [-0.2, -0.15) is 0 Å². The fourth-order valence-electron chi connectivity index (χ4n) is 2.32. The molecule has 2 aromatic rings. The zero-order valence-electron chi connectivity index (χ0n) is 15.0. The molecule has 0 aliphatic rings. The number of aromatic nitrogens is 1. The molecule has 138 valence electrons. The third-order valence-electron chi connectivity index (χ3n) is 3.70. The van der Waals surface area contributed by atoms with Gasteiger partial charge in [0.15, 0.2) is 18.1 Å². The van der Waals surface area contributed by atoms with Crippen LogP contribution in [0.3, 0.4) is 0 Å². The van der Waals surface area contributed by atoms with E-state index in [0.29, 0.717) is 31.1 Å². The van der Waals surface area contributed by atoms with Crippen molar-refractivity contribution >= 4 is 11.8 Å². The summed E-state index contributed by atoms with van der Waals surface area (Å²) in [6.07, 6.45) is 3.37. The van der Waals surface area contributed by atoms with Crippen LogP contribution >= 0.6 is 0 Å². The fourth-order valence-corrected chi connectivity index (χ4v) is 2.32. The lowest BCUT2D eigenvalue weighted by atomic mass is 10.2. The van der Waals surface area contributed by atoms with E-state index in [4.69, 9.17) is 9.47 Å². The Morgan fingerprint density at radius 2 is 1.81 bits per heavy atom. The minimum Gasteiger partial charge on any atom is -0.493 e. The van der Waals surface area contributed by atoms with Crippen molar-refractivity contribution in [2.45, 2.75) is 13.5 Å². The fraction of sp³-hybridized carbons (Fsp3) is 0.316. The number of carbonyl (C=O) groups excluding carboxylic acids is 2. The molecule has 1 aromatic carbocycles. The van der Waals surface area contributed by atoms with Crippen molar-refractivity contribution in [2.24, 2.45) is 0 Å². The first-order valence-electron chi connectivity index (χ1n) is 8.27. The van der Waals surface area contributed by atoms with E-state index < -0.39 is 0 Å². The summed E-state index contributed by atoms with van der Waals surface area (Å²) in [5.74, 6) is 0.762. The van der Waals surface area contributed by atoms with E-state index in [1.807, 2.05) is 18.2 Å². The first-order valence-corrected chi connectivity index (χ1v) is 8.27. The first-order chi connectivity index (χ1) is 12.6. The van der Waals surface area contributed by atoms with Crippen molar-refractivity contribution in [3.05, 3.63) is 54.4 Å². The highest BCUT2D eigenvalue weighted by Crippen LogP contribution is 2.25. The van der Waals surface area contributed by atoms with Crippen LogP contribution in [0, 0.1) is 0 Å². The van der Waals surface area contributed by atoms with Gasteiger partial charge in [-0.05, 0) is 29.8 Å². The van der Waals surface area contributed by atoms with E-state index in [-0.39, 0.29) is 18.4 Å². The molecular weight excluding hydrogens is 334 g/mol. The number of ether oxygens (including phenoxy) is 2. The number of carbonyl (C=O) groups is 2. The van der Waals surface area contributed by atoms with Crippen molar-refractivity contribution < 1.29 is 19.1 Å². The van der Waals surface area contributed by atoms with Crippen LogP contribution in [0.1, 0.15) is 12.5 Å². The zero-order valence-corrected chi connectivity index (χ0v) is 15.0. The Morgan fingerprint density at radius 3 is 2.46 bits per heavy atom. The average Bonchev–Trinajstić information content (AvgIpc) is 2.66. The first kappa shape index (κ1) is 19.2. The van der Waals surface area contributed by atoms with Crippen LogP contribution in [0.15, 0.2) is 48.8 Å². The molecule has 7 nitrogen and oxygen atoms in total. The highest BCUT2D eigenvalue weighted by molar-refractivity contribution is 5.77. The Labute approximate surface area is 152 Å². The van der Waals surface area contributed by atoms with Crippen LogP contribution in [0.4, 0.5) is 0 Å². The van der Waals surface area contributed by atoms with Gasteiger partial charge in [0.1, 0.15) is 0 Å². The van der Waals surface area contributed by atoms with Gasteiger partial charge in [0.25, 0.3) is 5.91 Å². The number of nitrogens with zero attached hydrogens (tertiary/aromatic N) is 2. The number of rotatable bonds is 9. The van der Waals surface area contributed by atoms with Crippen LogP contribution in [0.2, 0.25) is 0 Å². The van der Waals surface area contributed by atoms with Gasteiger partial charge in [-0.15, -0.1) is 0 Å². The van der Waals surface area contributed by atoms with Gasteiger partial charge < -0.3 is 19.7 Å². The second-order valence-corrected chi connectivity index (χ2v) is 5.59. The molecule has 0 bridgehead atoms. The van der Waals surface area contributed by atoms with Gasteiger partial charge >= 0.3 is 0 Å². The van der Waals surface area contributed by atoms with E-state index in [9.17, 15) is 9.59 Å². The summed E-state index contributed by atoms with van der Waals surface area (Å²) in [5, 5.41) is 2.75. The summed E-state index contributed by atoms with van der Waals surface area (Å²) < 4.78 is 10.6. The summed E-state index contributed by atoms with van der Waals surface area (Å²) in [4.78, 5) is 29.3. The third kappa shape index (κ3) is 6.08. The molecule has 0 aliphatic carbocycles. The molecular formula is C19H23N3O4. The molecule has 26 heavy (non-hydrogen) atoms. The van der Waals surface area contributed by atoms with E-state index >= 15 is 0 Å². The maximum atomic E-state index is 11.9. The minimum absolute atomic E-state index is 0.0543. The molecule has 0 aliphatic heterocycles. The van der Waals surface area contributed by atoms with E-state index in [1.54, 1.807) is 42.6 Å². The molecule has 0 spiro atoms. The average molecular weight is 357 g/mol. The zero-order chi connectivity index (χ0) is 18.8. The van der Waals surface area contributed by atoms with Crippen molar-refractivity contribution in [3.8, 4) is 11.5 Å². The number of amides is 2. The molecule has 0 atom stereocenters. The van der Waals surface area contributed by atoms with Gasteiger partial charge in [0.05, 0.1) is 7.11 Å². The van der Waals surface area contributed by atoms with Gasteiger partial charge in [0, 0.05) is 39.0 Å². The van der Waals surface area contributed by atoms with Gasteiger partial charge in [0.2, 0.25) is 5.91 Å². The van der Waals surface area contributed by atoms with E-state index in [1.165, 1.54) is 6.92 Å². The number of pyridine rings is 1. The number of methoxy groups -OCH3 is 1. The number of hydrogen-bond acceptors (Lipinski definition) is 5. The Hall–Kier alpha value is -3.09. The van der Waals surface area contributed by atoms with Crippen molar-refractivity contribution in [3.63, 3.8) is 0 Å². The minimum atomic E-state index is -0.261. The molecule has 0 saturated heterocycles. The number of para-hydroxylation sites is 2. The number of nitrogens with one attached hydrogen (secondary N) is 1. The second-order valence-electron chi connectivity index (χ2n) is 5.59. The molecule has 2 rings (SSSR count). The Balaban J connectivity index is 1.76. The predicted octanol–water partition coefficient (Wildman–Crippen LogP) is 1.63. The van der Waals surface area contributed by atoms with Crippen molar-refractivity contribution in [2.75, 3.05) is 26.8 Å². The number of benzene rings is 1. The van der Waals surface area contributed by atoms with Gasteiger partial charge in [-0.1, -0.05) is 12.1 Å². The molecule has 2 amide bonds.